The van der Waals surface area contributed by atoms with Crippen LogP contribution in [0.4, 0.5) is 0 Å². The average molecular weight is 610 g/mol. The lowest BCUT2D eigenvalue weighted by Crippen LogP contribution is -2.06. The van der Waals surface area contributed by atoms with Crippen LogP contribution in [0.1, 0.15) is 40.3 Å². The van der Waals surface area contributed by atoms with Crippen LogP contribution in [0.2, 0.25) is 0 Å². The minimum absolute atomic E-state index is 0.0659. The van der Waals surface area contributed by atoms with Crippen molar-refractivity contribution in [2.45, 2.75) is 26.8 Å². The third-order valence-corrected chi connectivity index (χ3v) is 7.84. The zero-order chi connectivity index (χ0) is 32.8. The Morgan fingerprint density at radius 1 is 0.717 bits per heavy atom. The maximum atomic E-state index is 10.9. The van der Waals surface area contributed by atoms with Gasteiger partial charge in [0.25, 0.3) is 0 Å². The molecule has 5 aromatic carbocycles. The minimum Gasteiger partial charge on any atom is -0.504 e. The molecule has 0 saturated carbocycles. The topological polar surface area (TPSA) is 118 Å². The Kier molecular flexibility index (Phi) is 9.43. The SMILES string of the molecule is C=Cc1ccc(-c2c(O)c(O)c(CC)c(O)c2O)cc1-c1cc(/C(N=C)=N/C(=N\Cc2ccccc2)c2ccccc2)ccc1C. The van der Waals surface area contributed by atoms with Crippen LogP contribution in [0.25, 0.3) is 28.3 Å². The molecule has 0 aliphatic rings. The number of rotatable bonds is 8. The van der Waals surface area contributed by atoms with Gasteiger partial charge in [-0.2, -0.15) is 0 Å². The van der Waals surface area contributed by atoms with Crippen molar-refractivity contribution < 1.29 is 20.4 Å². The highest BCUT2D eigenvalue weighted by atomic mass is 16.3. The molecule has 0 amide bonds. The summed E-state index contributed by atoms with van der Waals surface area (Å²) < 4.78 is 0. The van der Waals surface area contributed by atoms with Crippen LogP contribution in [0, 0.1) is 6.92 Å². The van der Waals surface area contributed by atoms with Gasteiger partial charge in [0.1, 0.15) is 0 Å². The number of aliphatic imine (C=N–C) groups is 3. The molecule has 0 spiro atoms. The molecule has 7 nitrogen and oxygen atoms in total. The number of benzene rings is 5. The van der Waals surface area contributed by atoms with Crippen molar-refractivity contribution >= 4 is 24.5 Å². The molecular weight excluding hydrogens is 574 g/mol. The normalized spacial score (nSPS) is 11.8. The highest BCUT2D eigenvalue weighted by molar-refractivity contribution is 6.13. The summed E-state index contributed by atoms with van der Waals surface area (Å²) in [6.45, 7) is 11.9. The van der Waals surface area contributed by atoms with Gasteiger partial charge < -0.3 is 20.4 Å². The van der Waals surface area contributed by atoms with Crippen LogP contribution in [-0.2, 0) is 13.0 Å². The Labute approximate surface area is 268 Å². The van der Waals surface area contributed by atoms with Gasteiger partial charge in [-0.1, -0.05) is 105 Å². The maximum absolute atomic E-state index is 10.9. The van der Waals surface area contributed by atoms with Crippen LogP contribution in [0.3, 0.4) is 0 Å². The molecule has 5 rings (SSSR count). The van der Waals surface area contributed by atoms with Crippen LogP contribution >= 0.6 is 0 Å². The summed E-state index contributed by atoms with van der Waals surface area (Å²) in [6.07, 6.45) is 1.93. The van der Waals surface area contributed by atoms with Gasteiger partial charge in [0.05, 0.1) is 12.1 Å². The molecular formula is C39H35N3O4. The molecule has 7 heteroatoms. The van der Waals surface area contributed by atoms with Gasteiger partial charge in [0, 0.05) is 16.7 Å². The number of amidine groups is 2. The second-order valence-electron chi connectivity index (χ2n) is 10.7. The molecule has 0 heterocycles. The number of phenols is 4. The molecule has 0 aliphatic heterocycles. The van der Waals surface area contributed by atoms with Crippen LogP contribution in [0.15, 0.2) is 119 Å². The van der Waals surface area contributed by atoms with E-state index >= 15 is 0 Å². The number of aryl methyl sites for hydroxylation is 1. The molecule has 0 aliphatic carbocycles. The van der Waals surface area contributed by atoms with E-state index < -0.39 is 23.0 Å². The van der Waals surface area contributed by atoms with Gasteiger partial charge in [-0.15, -0.1) is 0 Å². The van der Waals surface area contributed by atoms with E-state index in [-0.39, 0.29) is 17.5 Å². The standard InChI is InChI=1S/C39H35N3O4/c1-5-26-19-20-28(33-36(45)34(43)30(6-2)35(44)37(33)46)21-32(26)31-22-29(18-17-24(31)3)38(40-4)42-39(27-15-11-8-12-16-27)41-23-25-13-9-7-10-14-25/h5,7-22,43-46H,1,4,6,23H2,2-3H3/b41-39-,42-38-. The van der Waals surface area contributed by atoms with Crippen molar-refractivity contribution in [1.29, 1.82) is 0 Å². The number of hydrogen-bond acceptors (Lipinski definition) is 5. The first kappa shape index (κ1) is 31.5. The lowest BCUT2D eigenvalue weighted by atomic mass is 9.90. The zero-order valence-electron chi connectivity index (χ0n) is 25.8. The Morgan fingerprint density at radius 3 is 1.98 bits per heavy atom. The van der Waals surface area contributed by atoms with E-state index in [4.69, 9.17) is 9.98 Å². The van der Waals surface area contributed by atoms with Gasteiger partial charge >= 0.3 is 0 Å². The van der Waals surface area contributed by atoms with Gasteiger partial charge in [0.2, 0.25) is 0 Å². The summed E-state index contributed by atoms with van der Waals surface area (Å²) in [5.41, 5.74) is 6.28. The maximum Gasteiger partial charge on any atom is 0.169 e. The van der Waals surface area contributed by atoms with E-state index in [9.17, 15) is 20.4 Å². The molecule has 0 atom stereocenters. The Bertz CT molecular complexity index is 1950. The van der Waals surface area contributed by atoms with E-state index in [1.807, 2.05) is 85.8 Å². The van der Waals surface area contributed by atoms with E-state index in [0.717, 1.165) is 33.4 Å². The summed E-state index contributed by atoms with van der Waals surface area (Å²) in [6, 6.07) is 30.7. The molecule has 0 unspecified atom stereocenters. The third-order valence-electron chi connectivity index (χ3n) is 7.84. The number of nitrogens with zero attached hydrogens (tertiary/aromatic N) is 3. The Balaban J connectivity index is 1.63. The number of aromatic hydroxyl groups is 4. The molecule has 0 saturated heterocycles. The quantitative estimate of drug-likeness (QED) is 0.0611. The summed E-state index contributed by atoms with van der Waals surface area (Å²) in [5, 5.41) is 42.9. The summed E-state index contributed by atoms with van der Waals surface area (Å²) in [4.78, 5) is 14.0. The fourth-order valence-corrected chi connectivity index (χ4v) is 5.35. The monoisotopic (exact) mass is 609 g/mol. The van der Waals surface area contributed by atoms with Crippen molar-refractivity contribution in [2.75, 3.05) is 0 Å². The van der Waals surface area contributed by atoms with Gasteiger partial charge in [-0.25, -0.2) is 9.98 Å². The predicted octanol–water partition coefficient (Wildman–Crippen LogP) is 8.45. The van der Waals surface area contributed by atoms with E-state index in [0.29, 0.717) is 29.3 Å². The lowest BCUT2D eigenvalue weighted by molar-refractivity contribution is 0.368. The van der Waals surface area contributed by atoms with Crippen LogP contribution < -0.4 is 0 Å². The average Bonchev–Trinajstić information content (AvgIpc) is 3.09. The van der Waals surface area contributed by atoms with Gasteiger partial charge in [-0.05, 0) is 65.6 Å². The molecule has 46 heavy (non-hydrogen) atoms. The zero-order valence-corrected chi connectivity index (χ0v) is 25.8. The van der Waals surface area contributed by atoms with Crippen molar-refractivity contribution in [2.24, 2.45) is 15.0 Å². The second kappa shape index (κ2) is 13.8. The Morgan fingerprint density at radius 2 is 1.37 bits per heavy atom. The predicted molar refractivity (Wildman–Crippen MR) is 187 cm³/mol. The van der Waals surface area contributed by atoms with E-state index in [2.05, 4.69) is 18.3 Å². The molecule has 4 N–H and O–H groups in total. The summed E-state index contributed by atoms with van der Waals surface area (Å²) in [5.74, 6) is -1.06. The van der Waals surface area contributed by atoms with Crippen molar-refractivity contribution in [3.05, 3.63) is 137 Å². The first-order chi connectivity index (χ1) is 22.3. The van der Waals surface area contributed by atoms with Crippen molar-refractivity contribution in [1.82, 2.24) is 0 Å². The van der Waals surface area contributed by atoms with Crippen LogP contribution in [0.5, 0.6) is 23.0 Å². The van der Waals surface area contributed by atoms with Crippen LogP contribution in [-0.4, -0.2) is 38.8 Å². The fraction of sp³-hybridized carbons (Fsp3) is 0.103. The molecule has 5 aromatic rings. The highest BCUT2D eigenvalue weighted by Crippen LogP contribution is 2.52. The molecule has 0 fully saturated rings. The van der Waals surface area contributed by atoms with E-state index in [1.54, 1.807) is 31.2 Å². The van der Waals surface area contributed by atoms with E-state index in [1.165, 1.54) is 0 Å². The van der Waals surface area contributed by atoms with Gasteiger partial charge in [0.15, 0.2) is 34.7 Å². The Hall–Kier alpha value is -5.95. The number of hydrogen-bond donors (Lipinski definition) is 4. The minimum atomic E-state index is -0.511. The van der Waals surface area contributed by atoms with Gasteiger partial charge in [-0.3, -0.25) is 4.99 Å². The second-order valence-corrected chi connectivity index (χ2v) is 10.7. The molecule has 0 bridgehead atoms. The number of phenolic OH excluding ortho intramolecular Hbond substituents is 4. The first-order valence-corrected chi connectivity index (χ1v) is 14.8. The third kappa shape index (κ3) is 6.30. The largest absolute Gasteiger partial charge is 0.504 e. The molecule has 230 valence electrons. The highest BCUT2D eigenvalue weighted by Gasteiger charge is 2.24. The molecule has 0 aromatic heterocycles. The summed E-state index contributed by atoms with van der Waals surface area (Å²) >= 11 is 0. The van der Waals surface area contributed by atoms with Crippen molar-refractivity contribution in [3.8, 4) is 45.3 Å². The lowest BCUT2D eigenvalue weighted by Gasteiger charge is -2.17. The fourth-order valence-electron chi connectivity index (χ4n) is 5.35. The summed E-state index contributed by atoms with van der Waals surface area (Å²) in [7, 11) is 0. The first-order valence-electron chi connectivity index (χ1n) is 14.8. The molecule has 0 radical (unpaired) electrons. The smallest absolute Gasteiger partial charge is 0.169 e. The van der Waals surface area contributed by atoms with Crippen molar-refractivity contribution in [3.63, 3.8) is 0 Å².